The van der Waals surface area contributed by atoms with E-state index in [1.54, 1.807) is 36.4 Å². The van der Waals surface area contributed by atoms with E-state index in [0.29, 0.717) is 17.2 Å². The van der Waals surface area contributed by atoms with Crippen LogP contribution in [-0.4, -0.2) is 63.5 Å². The van der Waals surface area contributed by atoms with Crippen LogP contribution in [0.3, 0.4) is 0 Å². The number of rotatable bonds is 5. The predicted molar refractivity (Wildman–Crippen MR) is 95.4 cm³/mol. The lowest BCUT2D eigenvalue weighted by Gasteiger charge is -2.39. The summed E-state index contributed by atoms with van der Waals surface area (Å²) in [5, 5.41) is 41.5. The minimum atomic E-state index is -1.65. The Morgan fingerprint density at radius 2 is 1.63 bits per heavy atom. The Bertz CT molecular complexity index is 768. The monoisotopic (exact) mass is 375 g/mol. The smallest absolute Gasteiger partial charge is 0.256 e. The Morgan fingerprint density at radius 3 is 2.33 bits per heavy atom. The van der Waals surface area contributed by atoms with Crippen molar-refractivity contribution in [3.8, 4) is 11.5 Å². The Hall–Kier alpha value is -2.49. The predicted octanol–water partition coefficient (Wildman–Crippen LogP) is 0.260. The van der Waals surface area contributed by atoms with Crippen LogP contribution in [-0.2, 0) is 9.53 Å². The highest BCUT2D eigenvalue weighted by atomic mass is 16.5. The molecule has 5 atom stereocenters. The fraction of sp³-hybridized carbons (Fsp3) is 0.316. The number of hydrogen-bond donors (Lipinski definition) is 5. The molecule has 0 aliphatic carbocycles. The van der Waals surface area contributed by atoms with Crippen LogP contribution in [0.2, 0.25) is 0 Å². The van der Waals surface area contributed by atoms with Gasteiger partial charge in [-0.3, -0.25) is 4.79 Å². The summed E-state index contributed by atoms with van der Waals surface area (Å²) < 4.78 is 11.0. The number of para-hydroxylation sites is 3. The molecule has 0 radical (unpaired) electrons. The summed E-state index contributed by atoms with van der Waals surface area (Å²) in [5.41, 5.74) is 0.336. The van der Waals surface area contributed by atoms with Crippen molar-refractivity contribution in [2.24, 2.45) is 0 Å². The summed E-state index contributed by atoms with van der Waals surface area (Å²) in [5.74, 6) is 0.213. The van der Waals surface area contributed by atoms with Crippen molar-refractivity contribution < 1.29 is 34.7 Å². The number of carbonyl (C=O) groups is 1. The molecule has 2 aromatic carbocycles. The molecule has 0 spiro atoms. The van der Waals surface area contributed by atoms with Crippen molar-refractivity contribution in [1.82, 2.24) is 0 Å². The maximum Gasteiger partial charge on any atom is 0.256 e. The maximum atomic E-state index is 12.6. The van der Waals surface area contributed by atoms with Crippen LogP contribution in [0.15, 0.2) is 54.6 Å². The van der Waals surface area contributed by atoms with Crippen molar-refractivity contribution in [3.63, 3.8) is 0 Å². The van der Waals surface area contributed by atoms with E-state index < -0.39 is 43.0 Å². The van der Waals surface area contributed by atoms with Gasteiger partial charge in [0.25, 0.3) is 5.91 Å². The molecule has 144 valence electrons. The molecule has 8 heteroatoms. The summed E-state index contributed by atoms with van der Waals surface area (Å²) in [6.07, 6.45) is -7.42. The summed E-state index contributed by atoms with van der Waals surface area (Å²) >= 11 is 0. The molecule has 27 heavy (non-hydrogen) atoms. The van der Waals surface area contributed by atoms with Crippen molar-refractivity contribution in [1.29, 1.82) is 0 Å². The molecule has 1 heterocycles. The van der Waals surface area contributed by atoms with Gasteiger partial charge in [0.2, 0.25) is 0 Å². The minimum Gasteiger partial charge on any atom is -0.455 e. The number of anilines is 1. The lowest BCUT2D eigenvalue weighted by Crippen LogP contribution is -2.61. The van der Waals surface area contributed by atoms with Crippen LogP contribution in [0.1, 0.15) is 0 Å². The third-order valence-corrected chi connectivity index (χ3v) is 4.27. The average Bonchev–Trinajstić information content (AvgIpc) is 2.68. The van der Waals surface area contributed by atoms with E-state index in [1.807, 2.05) is 18.2 Å². The quantitative estimate of drug-likeness (QED) is 0.507. The highest BCUT2D eigenvalue weighted by Crippen LogP contribution is 2.30. The van der Waals surface area contributed by atoms with E-state index in [2.05, 4.69) is 5.32 Å². The lowest BCUT2D eigenvalue weighted by atomic mass is 9.94. The van der Waals surface area contributed by atoms with Crippen LogP contribution in [0.25, 0.3) is 0 Å². The number of hydrogen-bond acceptors (Lipinski definition) is 7. The second kappa shape index (κ2) is 8.47. The van der Waals surface area contributed by atoms with Crippen molar-refractivity contribution >= 4 is 11.6 Å². The van der Waals surface area contributed by atoms with E-state index in [1.165, 1.54) is 0 Å². The molecule has 1 amide bonds. The lowest BCUT2D eigenvalue weighted by molar-refractivity contribution is -0.224. The van der Waals surface area contributed by atoms with E-state index in [-0.39, 0.29) is 0 Å². The molecule has 1 fully saturated rings. The molecule has 0 unspecified atom stereocenters. The van der Waals surface area contributed by atoms with E-state index >= 15 is 0 Å². The summed E-state index contributed by atoms with van der Waals surface area (Å²) in [6.45, 7) is -0.609. The van der Waals surface area contributed by atoms with Gasteiger partial charge in [0.05, 0.1) is 12.3 Å². The number of ether oxygens (including phenoxy) is 2. The van der Waals surface area contributed by atoms with Gasteiger partial charge in [0.1, 0.15) is 30.2 Å². The van der Waals surface area contributed by atoms with Gasteiger partial charge in [0.15, 0.2) is 11.9 Å². The van der Waals surface area contributed by atoms with Gasteiger partial charge in [0, 0.05) is 0 Å². The fourth-order valence-electron chi connectivity index (χ4n) is 2.80. The highest BCUT2D eigenvalue weighted by Gasteiger charge is 2.46. The second-order valence-corrected chi connectivity index (χ2v) is 6.15. The third kappa shape index (κ3) is 4.26. The highest BCUT2D eigenvalue weighted by molar-refractivity contribution is 5.96. The molecule has 1 aliphatic rings. The fourth-order valence-corrected chi connectivity index (χ4v) is 2.80. The van der Waals surface area contributed by atoms with E-state index in [0.717, 1.165) is 0 Å². The van der Waals surface area contributed by atoms with Crippen LogP contribution < -0.4 is 10.1 Å². The van der Waals surface area contributed by atoms with Gasteiger partial charge in [-0.25, -0.2) is 0 Å². The molecule has 8 nitrogen and oxygen atoms in total. The summed E-state index contributed by atoms with van der Waals surface area (Å²) in [7, 11) is 0. The first-order chi connectivity index (χ1) is 13.0. The average molecular weight is 375 g/mol. The molecule has 0 bridgehead atoms. The van der Waals surface area contributed by atoms with Crippen molar-refractivity contribution in [2.75, 3.05) is 11.9 Å². The van der Waals surface area contributed by atoms with Crippen molar-refractivity contribution in [2.45, 2.75) is 30.5 Å². The molecular weight excluding hydrogens is 354 g/mol. The Morgan fingerprint density at radius 1 is 0.963 bits per heavy atom. The largest absolute Gasteiger partial charge is 0.455 e. The molecule has 5 N–H and O–H groups in total. The first-order valence-corrected chi connectivity index (χ1v) is 8.44. The van der Waals surface area contributed by atoms with Crippen LogP contribution in [0.5, 0.6) is 11.5 Å². The van der Waals surface area contributed by atoms with Crippen LogP contribution in [0.4, 0.5) is 5.69 Å². The van der Waals surface area contributed by atoms with Gasteiger partial charge in [-0.1, -0.05) is 30.3 Å². The molecule has 2 aromatic rings. The topological polar surface area (TPSA) is 128 Å². The number of amides is 1. The normalized spacial score (nSPS) is 27.8. The third-order valence-electron chi connectivity index (χ3n) is 4.27. The molecule has 1 aliphatic heterocycles. The molecular formula is C19H21NO7. The maximum absolute atomic E-state index is 12.6. The van der Waals surface area contributed by atoms with Gasteiger partial charge in [-0.15, -0.1) is 0 Å². The van der Waals surface area contributed by atoms with Crippen LogP contribution >= 0.6 is 0 Å². The SMILES string of the molecule is O=C(Nc1ccccc1Oc1ccccc1)[C@@H]1O[C@H](CO)[C@H](O)[C@H](O)[C@H]1O. The zero-order valence-electron chi connectivity index (χ0n) is 14.3. The number of aliphatic hydroxyl groups excluding tert-OH is 4. The number of nitrogens with one attached hydrogen (secondary N) is 1. The number of aliphatic hydroxyl groups is 4. The number of carbonyl (C=O) groups excluding carboxylic acids is 1. The Balaban J connectivity index is 1.76. The Labute approximate surface area is 155 Å². The van der Waals surface area contributed by atoms with Gasteiger partial charge >= 0.3 is 0 Å². The second-order valence-electron chi connectivity index (χ2n) is 6.15. The van der Waals surface area contributed by atoms with Crippen LogP contribution in [0, 0.1) is 0 Å². The minimum absolute atomic E-state index is 0.336. The standard InChI is InChI=1S/C19H21NO7/c21-10-14-15(22)16(23)17(24)18(27-14)19(25)20-12-8-4-5-9-13(12)26-11-6-2-1-3-7-11/h1-9,14-18,21-24H,10H2,(H,20,25)/t14-,15+,16+,17-,18-/m1/s1. The summed E-state index contributed by atoms with van der Waals surface area (Å²) in [4.78, 5) is 12.6. The summed E-state index contributed by atoms with van der Waals surface area (Å²) in [6, 6.07) is 15.7. The zero-order chi connectivity index (χ0) is 19.4. The first kappa shape index (κ1) is 19.3. The van der Waals surface area contributed by atoms with E-state index in [4.69, 9.17) is 9.47 Å². The number of benzene rings is 2. The van der Waals surface area contributed by atoms with Crippen molar-refractivity contribution in [3.05, 3.63) is 54.6 Å². The van der Waals surface area contributed by atoms with Gasteiger partial charge < -0.3 is 35.2 Å². The zero-order valence-corrected chi connectivity index (χ0v) is 14.3. The van der Waals surface area contributed by atoms with E-state index in [9.17, 15) is 25.2 Å². The first-order valence-electron chi connectivity index (χ1n) is 8.44. The molecule has 0 saturated carbocycles. The molecule has 3 rings (SSSR count). The van der Waals surface area contributed by atoms with Gasteiger partial charge in [-0.05, 0) is 24.3 Å². The molecule has 0 aromatic heterocycles. The van der Waals surface area contributed by atoms with Gasteiger partial charge in [-0.2, -0.15) is 0 Å². The Kier molecular flexibility index (Phi) is 6.04. The molecule has 1 saturated heterocycles.